The average molecular weight is 280 g/mol. The molecule has 0 radical (unpaired) electrons. The van der Waals surface area contributed by atoms with E-state index in [9.17, 15) is 8.42 Å². The van der Waals surface area contributed by atoms with Crippen LogP contribution in [0.4, 0.5) is 5.82 Å². The second kappa shape index (κ2) is 5.41. The predicted molar refractivity (Wildman–Crippen MR) is 73.8 cm³/mol. The summed E-state index contributed by atoms with van der Waals surface area (Å²) in [6.45, 7) is 2.09. The number of aromatic nitrogens is 2. The Morgan fingerprint density at radius 2 is 2.00 bits per heavy atom. The van der Waals surface area contributed by atoms with Gasteiger partial charge in [-0.2, -0.15) is 17.8 Å². The Bertz CT molecular complexity index is 637. The highest BCUT2D eigenvalue weighted by Crippen LogP contribution is 2.13. The van der Waals surface area contributed by atoms with Crippen LogP contribution in [0.15, 0.2) is 36.5 Å². The normalized spacial score (nSPS) is 11.7. The molecule has 19 heavy (non-hydrogen) atoms. The third-order valence-electron chi connectivity index (χ3n) is 2.72. The molecule has 7 heteroatoms. The summed E-state index contributed by atoms with van der Waals surface area (Å²) in [6.07, 6.45) is 1.56. The minimum Gasteiger partial charge on any atom is -0.262 e. The lowest BCUT2D eigenvalue weighted by molar-refractivity contribution is 0.471. The number of anilines is 1. The van der Waals surface area contributed by atoms with E-state index >= 15 is 0 Å². The van der Waals surface area contributed by atoms with E-state index in [-0.39, 0.29) is 0 Å². The Morgan fingerprint density at radius 1 is 1.32 bits per heavy atom. The Hall–Kier alpha value is -1.86. The molecule has 102 valence electrons. The van der Waals surface area contributed by atoms with Crippen LogP contribution in [0.2, 0.25) is 0 Å². The van der Waals surface area contributed by atoms with Gasteiger partial charge in [0, 0.05) is 19.2 Å². The molecule has 0 aliphatic rings. The molecule has 0 unspecified atom stereocenters. The molecule has 6 nitrogen and oxygen atoms in total. The molecule has 0 aliphatic carbocycles. The van der Waals surface area contributed by atoms with Crippen molar-refractivity contribution in [2.24, 2.45) is 0 Å². The van der Waals surface area contributed by atoms with Gasteiger partial charge in [0.05, 0.1) is 6.20 Å². The van der Waals surface area contributed by atoms with E-state index in [4.69, 9.17) is 0 Å². The maximum absolute atomic E-state index is 12.1. The van der Waals surface area contributed by atoms with Crippen molar-refractivity contribution in [3.63, 3.8) is 0 Å². The fourth-order valence-corrected chi connectivity index (χ4v) is 2.52. The van der Waals surface area contributed by atoms with Crippen LogP contribution in [-0.2, 0) is 16.8 Å². The maximum atomic E-state index is 12.1. The molecule has 2 aromatic rings. The molecule has 2 rings (SSSR count). The van der Waals surface area contributed by atoms with E-state index in [0.29, 0.717) is 12.4 Å². The first-order chi connectivity index (χ1) is 8.99. The van der Waals surface area contributed by atoms with E-state index in [1.54, 1.807) is 13.1 Å². The van der Waals surface area contributed by atoms with Gasteiger partial charge in [0.2, 0.25) is 0 Å². The third kappa shape index (κ3) is 3.33. The summed E-state index contributed by atoms with van der Waals surface area (Å²) in [5.74, 6) is 0.389. The third-order valence-corrected chi connectivity index (χ3v) is 4.13. The number of hydrogen-bond donors (Lipinski definition) is 2. The van der Waals surface area contributed by atoms with Crippen molar-refractivity contribution in [2.75, 3.05) is 11.8 Å². The molecule has 0 saturated heterocycles. The summed E-state index contributed by atoms with van der Waals surface area (Å²) < 4.78 is 28.0. The molecular weight excluding hydrogens is 264 g/mol. The lowest BCUT2D eigenvalue weighted by Crippen LogP contribution is -2.32. The predicted octanol–water partition coefficient (Wildman–Crippen LogP) is 1.51. The Morgan fingerprint density at radius 3 is 2.58 bits per heavy atom. The zero-order valence-corrected chi connectivity index (χ0v) is 11.6. The van der Waals surface area contributed by atoms with Crippen molar-refractivity contribution < 1.29 is 8.42 Å². The summed E-state index contributed by atoms with van der Waals surface area (Å²) in [6, 6.07) is 9.41. The van der Waals surface area contributed by atoms with Crippen molar-refractivity contribution in [3.05, 3.63) is 47.7 Å². The number of nitrogens with zero attached hydrogens (tertiary/aromatic N) is 2. The largest absolute Gasteiger partial charge is 0.302 e. The Balaban J connectivity index is 2.09. The van der Waals surface area contributed by atoms with E-state index in [0.717, 1.165) is 11.1 Å². The first-order valence-electron chi connectivity index (χ1n) is 5.77. The van der Waals surface area contributed by atoms with E-state index in [2.05, 4.69) is 14.9 Å². The highest BCUT2D eigenvalue weighted by atomic mass is 32.2. The van der Waals surface area contributed by atoms with Gasteiger partial charge in [-0.15, -0.1) is 0 Å². The standard InChI is InChI=1S/C12H16N4O2S/c1-10-8-13-14-12(10)15-19(17,18)16(2)9-11-6-4-3-5-7-11/h3-8H,9H2,1-2H3,(H2,13,14,15). The van der Waals surface area contributed by atoms with Crippen molar-refractivity contribution in [1.29, 1.82) is 0 Å². The summed E-state index contributed by atoms with van der Waals surface area (Å²) >= 11 is 0. The van der Waals surface area contributed by atoms with Gasteiger partial charge >= 0.3 is 10.2 Å². The molecular formula is C12H16N4O2S. The van der Waals surface area contributed by atoms with Crippen LogP contribution in [0, 0.1) is 6.92 Å². The van der Waals surface area contributed by atoms with Crippen LogP contribution in [0.25, 0.3) is 0 Å². The van der Waals surface area contributed by atoms with Crippen LogP contribution in [0.1, 0.15) is 11.1 Å². The van der Waals surface area contributed by atoms with Crippen LogP contribution in [0.5, 0.6) is 0 Å². The Kier molecular flexibility index (Phi) is 3.87. The molecule has 0 aliphatic heterocycles. The van der Waals surface area contributed by atoms with E-state index < -0.39 is 10.2 Å². The summed E-state index contributed by atoms with van der Waals surface area (Å²) in [4.78, 5) is 0. The monoisotopic (exact) mass is 280 g/mol. The SMILES string of the molecule is Cc1cn[nH]c1NS(=O)(=O)N(C)Cc1ccccc1. The number of H-pyrrole nitrogens is 1. The van der Waals surface area contributed by atoms with Crippen molar-refractivity contribution in [3.8, 4) is 0 Å². The Labute approximate surface area is 112 Å². The molecule has 2 N–H and O–H groups in total. The maximum Gasteiger partial charge on any atom is 0.302 e. The highest BCUT2D eigenvalue weighted by molar-refractivity contribution is 7.90. The first kappa shape index (κ1) is 13.6. The van der Waals surface area contributed by atoms with Gasteiger partial charge in [-0.05, 0) is 12.5 Å². The number of rotatable bonds is 5. The zero-order chi connectivity index (χ0) is 13.9. The molecule has 0 fully saturated rings. The summed E-state index contributed by atoms with van der Waals surface area (Å²) in [7, 11) is -2.06. The topological polar surface area (TPSA) is 78.1 Å². The molecule has 1 aromatic carbocycles. The average Bonchev–Trinajstić information content (AvgIpc) is 2.75. The number of nitrogens with one attached hydrogen (secondary N) is 2. The summed E-state index contributed by atoms with van der Waals surface area (Å²) in [5.41, 5.74) is 1.67. The second-order valence-corrected chi connectivity index (χ2v) is 6.05. The highest BCUT2D eigenvalue weighted by Gasteiger charge is 2.19. The lowest BCUT2D eigenvalue weighted by atomic mass is 10.2. The van der Waals surface area contributed by atoms with Crippen molar-refractivity contribution >= 4 is 16.0 Å². The minimum absolute atomic E-state index is 0.309. The molecule has 0 spiro atoms. The van der Waals surface area contributed by atoms with Crippen LogP contribution in [0.3, 0.4) is 0 Å². The number of aryl methyl sites for hydroxylation is 1. The van der Waals surface area contributed by atoms with Crippen LogP contribution < -0.4 is 4.72 Å². The van der Waals surface area contributed by atoms with E-state index in [1.165, 1.54) is 11.4 Å². The lowest BCUT2D eigenvalue weighted by Gasteiger charge is -2.17. The molecule has 0 amide bonds. The second-order valence-electron chi connectivity index (χ2n) is 4.28. The van der Waals surface area contributed by atoms with Gasteiger partial charge in [0.25, 0.3) is 0 Å². The fourth-order valence-electron chi connectivity index (χ4n) is 1.58. The minimum atomic E-state index is -3.59. The van der Waals surface area contributed by atoms with Gasteiger partial charge < -0.3 is 0 Å². The number of aromatic amines is 1. The van der Waals surface area contributed by atoms with Crippen LogP contribution in [-0.4, -0.2) is 30.0 Å². The molecule has 0 atom stereocenters. The number of hydrogen-bond acceptors (Lipinski definition) is 3. The van der Waals surface area contributed by atoms with Crippen LogP contribution >= 0.6 is 0 Å². The van der Waals surface area contributed by atoms with E-state index in [1.807, 2.05) is 30.3 Å². The fraction of sp³-hybridized carbons (Fsp3) is 0.250. The number of benzene rings is 1. The smallest absolute Gasteiger partial charge is 0.262 e. The van der Waals surface area contributed by atoms with Gasteiger partial charge in [0.1, 0.15) is 5.82 Å². The van der Waals surface area contributed by atoms with Gasteiger partial charge in [0.15, 0.2) is 0 Å². The molecule has 0 saturated carbocycles. The van der Waals surface area contributed by atoms with Gasteiger partial charge in [-0.3, -0.25) is 9.82 Å². The van der Waals surface area contributed by atoms with Crippen molar-refractivity contribution in [2.45, 2.75) is 13.5 Å². The molecule has 1 aromatic heterocycles. The van der Waals surface area contributed by atoms with Gasteiger partial charge in [-0.1, -0.05) is 30.3 Å². The first-order valence-corrected chi connectivity index (χ1v) is 7.21. The zero-order valence-electron chi connectivity index (χ0n) is 10.8. The van der Waals surface area contributed by atoms with Gasteiger partial charge in [-0.25, -0.2) is 0 Å². The summed E-state index contributed by atoms with van der Waals surface area (Å²) in [5, 5.41) is 6.39. The molecule has 1 heterocycles. The quantitative estimate of drug-likeness (QED) is 0.871. The molecule has 0 bridgehead atoms. The van der Waals surface area contributed by atoms with Crippen molar-refractivity contribution in [1.82, 2.24) is 14.5 Å².